The lowest BCUT2D eigenvalue weighted by atomic mass is 10.0. The number of hydrogen-bond donors (Lipinski definition) is 1. The fraction of sp³-hybridized carbons (Fsp3) is 0.350. The first-order valence-corrected chi connectivity index (χ1v) is 8.60. The molecule has 132 valence electrons. The zero-order valence-corrected chi connectivity index (χ0v) is 15.1. The summed E-state index contributed by atoms with van der Waals surface area (Å²) in [5.41, 5.74) is 3.99. The Morgan fingerprint density at radius 1 is 1.08 bits per heavy atom. The number of nitrogens with one attached hydrogen (secondary N) is 1. The van der Waals surface area contributed by atoms with Crippen LogP contribution in [0.25, 0.3) is 0 Å². The van der Waals surface area contributed by atoms with Gasteiger partial charge in [-0.25, -0.2) is 0 Å². The summed E-state index contributed by atoms with van der Waals surface area (Å²) in [7, 11) is 0. The molecule has 5 nitrogen and oxygen atoms in total. The van der Waals surface area contributed by atoms with Gasteiger partial charge in [0, 0.05) is 31.5 Å². The number of pyridine rings is 1. The minimum Gasteiger partial charge on any atom is -0.329 e. The van der Waals surface area contributed by atoms with E-state index in [-0.39, 0.29) is 18.4 Å². The van der Waals surface area contributed by atoms with Crippen LogP contribution in [-0.4, -0.2) is 28.2 Å². The summed E-state index contributed by atoms with van der Waals surface area (Å²) in [6.07, 6.45) is 5.07. The lowest BCUT2D eigenvalue weighted by molar-refractivity contribution is -0.133. The summed E-state index contributed by atoms with van der Waals surface area (Å²) in [5, 5.41) is 3.00. The minimum absolute atomic E-state index is 0.0193. The van der Waals surface area contributed by atoms with E-state index in [2.05, 4.69) is 24.1 Å². The molecular weight excluding hydrogens is 314 g/mol. The minimum atomic E-state index is -0.185. The van der Waals surface area contributed by atoms with Gasteiger partial charge in [0.15, 0.2) is 0 Å². The second kappa shape index (κ2) is 8.97. The molecular formula is C20H25N3O2. The fourth-order valence-electron chi connectivity index (χ4n) is 2.75. The van der Waals surface area contributed by atoms with Crippen molar-refractivity contribution in [2.45, 2.75) is 40.2 Å². The average Bonchev–Trinajstić information content (AvgIpc) is 2.62. The zero-order valence-electron chi connectivity index (χ0n) is 15.1. The van der Waals surface area contributed by atoms with Crippen molar-refractivity contribution in [3.05, 3.63) is 59.4 Å². The molecule has 2 rings (SSSR count). The number of hydrogen-bond acceptors (Lipinski definition) is 3. The maximum absolute atomic E-state index is 12.5. The van der Waals surface area contributed by atoms with Crippen molar-refractivity contribution in [3.8, 4) is 0 Å². The van der Waals surface area contributed by atoms with Crippen LogP contribution in [0.4, 0.5) is 5.69 Å². The quantitative estimate of drug-likeness (QED) is 0.842. The largest absolute Gasteiger partial charge is 0.329 e. The maximum Gasteiger partial charge on any atom is 0.244 e. The number of benzene rings is 1. The van der Waals surface area contributed by atoms with Crippen LogP contribution in [0.5, 0.6) is 0 Å². The van der Waals surface area contributed by atoms with Crippen LogP contribution in [0.15, 0.2) is 42.7 Å². The topological polar surface area (TPSA) is 62.3 Å². The Labute approximate surface area is 149 Å². The second-order valence-electron chi connectivity index (χ2n) is 5.94. The van der Waals surface area contributed by atoms with Gasteiger partial charge in [-0.3, -0.25) is 14.6 Å². The normalized spacial score (nSPS) is 10.4. The molecule has 0 aliphatic carbocycles. The summed E-state index contributed by atoms with van der Waals surface area (Å²) >= 11 is 0. The molecule has 25 heavy (non-hydrogen) atoms. The lowest BCUT2D eigenvalue weighted by Crippen LogP contribution is -2.36. The van der Waals surface area contributed by atoms with Crippen molar-refractivity contribution in [2.75, 3.05) is 11.9 Å². The lowest BCUT2D eigenvalue weighted by Gasteiger charge is -2.21. The van der Waals surface area contributed by atoms with Crippen LogP contribution in [-0.2, 0) is 29.0 Å². The smallest absolute Gasteiger partial charge is 0.244 e. The van der Waals surface area contributed by atoms with Crippen molar-refractivity contribution in [3.63, 3.8) is 0 Å². The molecule has 5 heteroatoms. The molecule has 0 atom stereocenters. The van der Waals surface area contributed by atoms with Gasteiger partial charge >= 0.3 is 0 Å². The fourth-order valence-corrected chi connectivity index (χ4v) is 2.75. The van der Waals surface area contributed by atoms with E-state index in [9.17, 15) is 9.59 Å². The highest BCUT2D eigenvalue weighted by Crippen LogP contribution is 2.22. The van der Waals surface area contributed by atoms with Gasteiger partial charge in [-0.1, -0.05) is 38.1 Å². The molecule has 0 spiro atoms. The van der Waals surface area contributed by atoms with Crippen molar-refractivity contribution in [1.82, 2.24) is 9.88 Å². The number of carbonyl (C=O) groups excluding carboxylic acids is 2. The number of aryl methyl sites for hydroxylation is 2. The molecule has 0 saturated carbocycles. The predicted molar refractivity (Wildman–Crippen MR) is 99.2 cm³/mol. The molecule has 0 bridgehead atoms. The van der Waals surface area contributed by atoms with E-state index in [1.165, 1.54) is 11.8 Å². The molecule has 0 radical (unpaired) electrons. The highest BCUT2D eigenvalue weighted by Gasteiger charge is 2.16. The van der Waals surface area contributed by atoms with Gasteiger partial charge in [0.2, 0.25) is 11.8 Å². The molecule has 2 amide bonds. The number of aromatic nitrogens is 1. The van der Waals surface area contributed by atoms with Gasteiger partial charge in [-0.05, 0) is 35.6 Å². The molecule has 1 heterocycles. The Kier molecular flexibility index (Phi) is 6.69. The van der Waals surface area contributed by atoms with Crippen molar-refractivity contribution < 1.29 is 9.59 Å². The Bertz CT molecular complexity index is 707. The van der Waals surface area contributed by atoms with Gasteiger partial charge in [-0.2, -0.15) is 0 Å². The zero-order chi connectivity index (χ0) is 18.2. The van der Waals surface area contributed by atoms with E-state index in [0.717, 1.165) is 35.2 Å². The van der Waals surface area contributed by atoms with E-state index in [1.807, 2.05) is 30.3 Å². The summed E-state index contributed by atoms with van der Waals surface area (Å²) in [6.45, 7) is 5.99. The molecule has 1 aromatic carbocycles. The number of nitrogens with zero attached hydrogens (tertiary/aromatic N) is 2. The standard InChI is InChI=1S/C20H25N3O2/c1-4-17-9-6-10-18(5-2)20(17)22-19(25)14-23(15(3)24)13-16-8-7-11-21-12-16/h6-12H,4-5,13-14H2,1-3H3,(H,22,25). The summed E-state index contributed by atoms with van der Waals surface area (Å²) in [4.78, 5) is 30.0. The Balaban J connectivity index is 2.11. The molecule has 1 aromatic heterocycles. The van der Waals surface area contributed by atoms with Gasteiger partial charge in [0.25, 0.3) is 0 Å². The van der Waals surface area contributed by atoms with Gasteiger partial charge < -0.3 is 10.2 Å². The van der Waals surface area contributed by atoms with Crippen molar-refractivity contribution >= 4 is 17.5 Å². The summed E-state index contributed by atoms with van der Waals surface area (Å²) in [6, 6.07) is 9.76. The van der Waals surface area contributed by atoms with Gasteiger partial charge in [0.1, 0.15) is 6.54 Å². The first-order valence-electron chi connectivity index (χ1n) is 8.60. The van der Waals surface area contributed by atoms with Crippen LogP contribution < -0.4 is 5.32 Å². The second-order valence-corrected chi connectivity index (χ2v) is 5.94. The van der Waals surface area contributed by atoms with Crippen LogP contribution in [0.2, 0.25) is 0 Å². The first-order chi connectivity index (χ1) is 12.0. The number of rotatable bonds is 7. The highest BCUT2D eigenvalue weighted by molar-refractivity contribution is 5.95. The van der Waals surface area contributed by atoms with Crippen LogP contribution in [0.1, 0.15) is 37.5 Å². The molecule has 0 saturated heterocycles. The van der Waals surface area contributed by atoms with Crippen LogP contribution in [0, 0.1) is 0 Å². The Hall–Kier alpha value is -2.69. The summed E-state index contributed by atoms with van der Waals surface area (Å²) in [5.74, 6) is -0.326. The van der Waals surface area contributed by atoms with Crippen molar-refractivity contribution in [2.24, 2.45) is 0 Å². The predicted octanol–water partition coefficient (Wildman–Crippen LogP) is 3.19. The molecule has 0 fully saturated rings. The number of anilines is 1. The third kappa shape index (κ3) is 5.14. The molecule has 1 N–H and O–H groups in total. The average molecular weight is 339 g/mol. The monoisotopic (exact) mass is 339 g/mol. The SMILES string of the molecule is CCc1cccc(CC)c1NC(=O)CN(Cc1cccnc1)C(C)=O. The summed E-state index contributed by atoms with van der Waals surface area (Å²) < 4.78 is 0. The van der Waals surface area contributed by atoms with Crippen molar-refractivity contribution in [1.29, 1.82) is 0 Å². The number of para-hydroxylation sites is 1. The first kappa shape index (κ1) is 18.6. The van der Waals surface area contributed by atoms with E-state index in [1.54, 1.807) is 12.4 Å². The third-order valence-corrected chi connectivity index (χ3v) is 4.14. The van der Waals surface area contributed by atoms with Gasteiger partial charge in [-0.15, -0.1) is 0 Å². The molecule has 0 aliphatic rings. The molecule has 0 unspecified atom stereocenters. The van der Waals surface area contributed by atoms with E-state index < -0.39 is 0 Å². The number of carbonyl (C=O) groups is 2. The van der Waals surface area contributed by atoms with Crippen LogP contribution in [0.3, 0.4) is 0 Å². The third-order valence-electron chi connectivity index (χ3n) is 4.14. The Morgan fingerprint density at radius 2 is 1.76 bits per heavy atom. The number of amides is 2. The van der Waals surface area contributed by atoms with E-state index in [4.69, 9.17) is 0 Å². The van der Waals surface area contributed by atoms with Gasteiger partial charge in [0.05, 0.1) is 0 Å². The van der Waals surface area contributed by atoms with E-state index in [0.29, 0.717) is 6.54 Å². The van der Waals surface area contributed by atoms with Crippen LogP contribution >= 0.6 is 0 Å². The maximum atomic E-state index is 12.5. The highest BCUT2D eigenvalue weighted by atomic mass is 16.2. The van der Waals surface area contributed by atoms with E-state index >= 15 is 0 Å². The molecule has 0 aliphatic heterocycles. The Morgan fingerprint density at radius 3 is 2.28 bits per heavy atom. The molecule has 2 aromatic rings.